The number of aromatic nitrogens is 2. The lowest BCUT2D eigenvalue weighted by Crippen LogP contribution is -2.36. The fraction of sp³-hybridized carbons (Fsp3) is 0.583. The highest BCUT2D eigenvalue weighted by Crippen LogP contribution is 2.37. The average Bonchev–Trinajstić information content (AvgIpc) is 3.10. The van der Waals surface area contributed by atoms with Crippen molar-refractivity contribution in [3.8, 4) is 0 Å². The zero-order valence-electron chi connectivity index (χ0n) is 9.94. The minimum atomic E-state index is -0.530. The Kier molecular flexibility index (Phi) is 2.87. The van der Waals surface area contributed by atoms with Crippen molar-refractivity contribution in [1.29, 1.82) is 0 Å². The number of carbonyl (C=O) groups excluding carboxylic acids is 1. The van der Waals surface area contributed by atoms with Crippen molar-refractivity contribution in [2.45, 2.75) is 44.1 Å². The first-order valence-corrected chi connectivity index (χ1v) is 6.29. The van der Waals surface area contributed by atoms with Crippen molar-refractivity contribution in [2.24, 2.45) is 0 Å². The lowest BCUT2D eigenvalue weighted by Gasteiger charge is -2.24. The van der Waals surface area contributed by atoms with Crippen molar-refractivity contribution in [1.82, 2.24) is 15.4 Å². The smallest absolute Gasteiger partial charge is 0.282 e. The maximum absolute atomic E-state index is 11.7. The number of carbonyl (C=O) groups is 1. The summed E-state index contributed by atoms with van der Waals surface area (Å²) in [4.78, 5) is 35.4. The molecule has 0 bridgehead atoms. The summed E-state index contributed by atoms with van der Waals surface area (Å²) in [6, 6.07) is 0. The largest absolute Gasteiger partial charge is 0.310 e. The molecule has 0 spiro atoms. The molecule has 0 aromatic carbocycles. The van der Waals surface area contributed by atoms with E-state index in [1.165, 1.54) is 6.20 Å². The van der Waals surface area contributed by atoms with E-state index in [0.717, 1.165) is 32.1 Å². The van der Waals surface area contributed by atoms with Crippen LogP contribution in [0.15, 0.2) is 11.0 Å². The molecule has 2 saturated carbocycles. The first-order chi connectivity index (χ1) is 8.74. The standard InChI is InChI=1S/C12H15N3O3/c16-11-9(6-13-10(14-11)7-4-5-7)12(17)15-18-8-2-1-3-8/h6-8H,1-5H2,(H,15,17)(H,13,14,16). The van der Waals surface area contributed by atoms with E-state index in [1.54, 1.807) is 0 Å². The van der Waals surface area contributed by atoms with Crippen LogP contribution in [0.5, 0.6) is 0 Å². The van der Waals surface area contributed by atoms with Crippen molar-refractivity contribution in [3.63, 3.8) is 0 Å². The molecule has 2 aliphatic carbocycles. The van der Waals surface area contributed by atoms with Crippen molar-refractivity contribution in [3.05, 3.63) is 27.9 Å². The van der Waals surface area contributed by atoms with Gasteiger partial charge in [0.25, 0.3) is 11.5 Å². The second-order valence-electron chi connectivity index (χ2n) is 4.89. The quantitative estimate of drug-likeness (QED) is 0.775. The van der Waals surface area contributed by atoms with Crippen LogP contribution in [0.3, 0.4) is 0 Å². The third kappa shape index (κ3) is 2.28. The molecule has 2 N–H and O–H groups in total. The number of hydrogen-bond acceptors (Lipinski definition) is 4. The predicted octanol–water partition coefficient (Wildman–Crippen LogP) is 0.861. The molecule has 0 atom stereocenters. The van der Waals surface area contributed by atoms with Crippen LogP contribution in [0, 0.1) is 0 Å². The molecule has 2 aliphatic rings. The van der Waals surface area contributed by atoms with Gasteiger partial charge in [0.1, 0.15) is 11.4 Å². The van der Waals surface area contributed by atoms with Gasteiger partial charge in [0, 0.05) is 12.1 Å². The number of nitrogens with one attached hydrogen (secondary N) is 2. The number of aromatic amines is 1. The van der Waals surface area contributed by atoms with Gasteiger partial charge in [-0.05, 0) is 32.1 Å². The summed E-state index contributed by atoms with van der Waals surface area (Å²) >= 11 is 0. The van der Waals surface area contributed by atoms with Gasteiger partial charge in [-0.2, -0.15) is 0 Å². The third-order valence-corrected chi connectivity index (χ3v) is 3.40. The lowest BCUT2D eigenvalue weighted by atomic mass is 9.97. The van der Waals surface area contributed by atoms with E-state index >= 15 is 0 Å². The van der Waals surface area contributed by atoms with E-state index in [0.29, 0.717) is 11.7 Å². The summed E-state index contributed by atoms with van der Waals surface area (Å²) in [7, 11) is 0. The fourth-order valence-corrected chi connectivity index (χ4v) is 1.82. The molecule has 96 valence electrons. The van der Waals surface area contributed by atoms with E-state index in [4.69, 9.17) is 4.84 Å². The van der Waals surface area contributed by atoms with Crippen LogP contribution in [0.25, 0.3) is 0 Å². The van der Waals surface area contributed by atoms with Gasteiger partial charge in [-0.1, -0.05) is 0 Å². The minimum Gasteiger partial charge on any atom is -0.310 e. The van der Waals surface area contributed by atoms with Crippen LogP contribution in [-0.2, 0) is 4.84 Å². The third-order valence-electron chi connectivity index (χ3n) is 3.40. The van der Waals surface area contributed by atoms with E-state index in [-0.39, 0.29) is 11.7 Å². The molecule has 18 heavy (non-hydrogen) atoms. The van der Waals surface area contributed by atoms with Crippen LogP contribution in [0.1, 0.15) is 54.2 Å². The maximum Gasteiger partial charge on any atom is 0.282 e. The van der Waals surface area contributed by atoms with E-state index < -0.39 is 11.5 Å². The maximum atomic E-state index is 11.7. The minimum absolute atomic E-state index is 0.00118. The molecule has 1 aromatic rings. The number of amides is 1. The Labute approximate surface area is 104 Å². The fourth-order valence-electron chi connectivity index (χ4n) is 1.82. The molecule has 6 heteroatoms. The summed E-state index contributed by atoms with van der Waals surface area (Å²) in [6.07, 6.45) is 6.56. The van der Waals surface area contributed by atoms with Gasteiger partial charge in [-0.15, -0.1) is 0 Å². The number of hydroxylamine groups is 1. The topological polar surface area (TPSA) is 84.1 Å². The van der Waals surface area contributed by atoms with Gasteiger partial charge < -0.3 is 4.98 Å². The Morgan fingerprint density at radius 2 is 2.17 bits per heavy atom. The zero-order valence-corrected chi connectivity index (χ0v) is 9.94. The average molecular weight is 249 g/mol. The zero-order chi connectivity index (χ0) is 12.5. The first-order valence-electron chi connectivity index (χ1n) is 6.29. The molecule has 3 rings (SSSR count). The number of hydrogen-bond donors (Lipinski definition) is 2. The summed E-state index contributed by atoms with van der Waals surface area (Å²) in [5.74, 6) is 0.510. The van der Waals surface area contributed by atoms with Crippen molar-refractivity contribution < 1.29 is 9.63 Å². The van der Waals surface area contributed by atoms with E-state index in [9.17, 15) is 9.59 Å². The van der Waals surface area contributed by atoms with Crippen LogP contribution < -0.4 is 11.0 Å². The molecule has 0 saturated heterocycles. The molecular formula is C12H15N3O3. The van der Waals surface area contributed by atoms with Gasteiger partial charge in [0.15, 0.2) is 0 Å². The highest BCUT2D eigenvalue weighted by Gasteiger charge is 2.27. The van der Waals surface area contributed by atoms with Crippen molar-refractivity contribution in [2.75, 3.05) is 0 Å². The van der Waals surface area contributed by atoms with Crippen molar-refractivity contribution >= 4 is 5.91 Å². The number of H-pyrrole nitrogens is 1. The first kappa shape index (κ1) is 11.4. The molecule has 6 nitrogen and oxygen atoms in total. The summed E-state index contributed by atoms with van der Waals surface area (Å²) in [6.45, 7) is 0. The molecule has 0 unspecified atom stereocenters. The number of rotatable bonds is 4. The van der Waals surface area contributed by atoms with Crippen LogP contribution >= 0.6 is 0 Å². The van der Waals surface area contributed by atoms with Gasteiger partial charge >= 0.3 is 0 Å². The summed E-state index contributed by atoms with van der Waals surface area (Å²) < 4.78 is 0. The second kappa shape index (κ2) is 4.53. The van der Waals surface area contributed by atoms with Gasteiger partial charge in [0.05, 0.1) is 6.10 Å². The van der Waals surface area contributed by atoms with E-state index in [2.05, 4.69) is 15.4 Å². The predicted molar refractivity (Wildman–Crippen MR) is 63.0 cm³/mol. The lowest BCUT2D eigenvalue weighted by molar-refractivity contribution is -0.0508. The van der Waals surface area contributed by atoms with E-state index in [1.807, 2.05) is 0 Å². The molecule has 0 radical (unpaired) electrons. The van der Waals surface area contributed by atoms with Crippen LogP contribution in [0.2, 0.25) is 0 Å². The molecular weight excluding hydrogens is 234 g/mol. The molecule has 1 aromatic heterocycles. The van der Waals surface area contributed by atoms with Gasteiger partial charge in [0.2, 0.25) is 0 Å². The second-order valence-corrected chi connectivity index (χ2v) is 4.89. The van der Waals surface area contributed by atoms with Crippen LogP contribution in [-0.4, -0.2) is 22.0 Å². The Hall–Kier alpha value is -1.69. The highest BCUT2D eigenvalue weighted by atomic mass is 16.7. The summed E-state index contributed by atoms with van der Waals surface area (Å²) in [5, 5.41) is 0. The molecule has 0 aliphatic heterocycles. The Morgan fingerprint density at radius 3 is 2.72 bits per heavy atom. The molecule has 1 amide bonds. The normalized spacial score (nSPS) is 19.3. The monoisotopic (exact) mass is 249 g/mol. The molecule has 1 heterocycles. The van der Waals surface area contributed by atoms with Crippen LogP contribution in [0.4, 0.5) is 0 Å². The summed E-state index contributed by atoms with van der Waals surface area (Å²) in [5.41, 5.74) is 1.90. The molecule has 2 fully saturated rings. The Bertz CT molecular complexity index is 518. The van der Waals surface area contributed by atoms with Gasteiger partial charge in [-0.25, -0.2) is 10.5 Å². The Balaban J connectivity index is 1.66. The Morgan fingerprint density at radius 1 is 1.39 bits per heavy atom. The SMILES string of the molecule is O=C(NOC1CCC1)c1cnc(C2CC2)[nH]c1=O. The number of nitrogens with zero attached hydrogens (tertiary/aromatic N) is 1. The highest BCUT2D eigenvalue weighted by molar-refractivity contribution is 5.92. The van der Waals surface area contributed by atoms with Gasteiger partial charge in [-0.3, -0.25) is 14.4 Å².